The van der Waals surface area contributed by atoms with E-state index in [2.05, 4.69) is 58.2 Å². The number of aryl methyl sites for hydroxylation is 2. The van der Waals surface area contributed by atoms with Crippen LogP contribution in [0.5, 0.6) is 0 Å². The molecule has 0 saturated heterocycles. The first-order valence-corrected chi connectivity index (χ1v) is 12.3. The summed E-state index contributed by atoms with van der Waals surface area (Å²) in [5.74, 6) is 0. The Morgan fingerprint density at radius 1 is 1.13 bits per heavy atom. The Labute approximate surface area is 196 Å². The summed E-state index contributed by atoms with van der Waals surface area (Å²) in [5.41, 5.74) is 4.67. The second kappa shape index (κ2) is 10.1. The minimum Gasteiger partial charge on any atom is -0.347 e. The van der Waals surface area contributed by atoms with Gasteiger partial charge in [0.2, 0.25) is 0 Å². The van der Waals surface area contributed by atoms with Gasteiger partial charge >= 0.3 is 0 Å². The normalized spacial score (nSPS) is 15.1. The number of thiocarbonyl (C=S) groups is 1. The topological polar surface area (TPSA) is 20.2 Å². The highest BCUT2D eigenvalue weighted by Gasteiger charge is 2.24. The zero-order chi connectivity index (χ0) is 21.8. The van der Waals surface area contributed by atoms with Crippen LogP contribution in [0.2, 0.25) is 5.02 Å². The lowest BCUT2D eigenvalue weighted by atomic mass is 10.1. The maximum absolute atomic E-state index is 6.36. The average Bonchev–Trinajstić information content (AvgIpc) is 2.93. The van der Waals surface area contributed by atoms with Crippen LogP contribution in [-0.4, -0.2) is 20.6 Å². The third kappa shape index (κ3) is 5.07. The van der Waals surface area contributed by atoms with Gasteiger partial charge in [0.05, 0.1) is 0 Å². The van der Waals surface area contributed by atoms with Crippen LogP contribution < -0.4 is 5.32 Å². The lowest BCUT2D eigenvalue weighted by Gasteiger charge is -2.34. The number of nitrogens with one attached hydrogen (secondary N) is 1. The maximum Gasteiger partial charge on any atom is 0.173 e. The summed E-state index contributed by atoms with van der Waals surface area (Å²) in [6, 6.07) is 15.2. The smallest absolute Gasteiger partial charge is 0.173 e. The van der Waals surface area contributed by atoms with Crippen molar-refractivity contribution in [2.45, 2.75) is 71.5 Å². The molecule has 1 aromatic heterocycles. The molecule has 5 heteroatoms. The number of anilines is 1. The maximum atomic E-state index is 6.36. The number of rotatable bonds is 5. The predicted molar refractivity (Wildman–Crippen MR) is 137 cm³/mol. The van der Waals surface area contributed by atoms with Crippen molar-refractivity contribution in [3.05, 3.63) is 64.8 Å². The van der Waals surface area contributed by atoms with Crippen LogP contribution in [0.3, 0.4) is 0 Å². The number of fused-ring (bicyclic) bond motifs is 1. The van der Waals surface area contributed by atoms with Gasteiger partial charge in [-0.3, -0.25) is 0 Å². The molecule has 0 spiro atoms. The van der Waals surface area contributed by atoms with E-state index >= 15 is 0 Å². The number of aromatic nitrogens is 1. The van der Waals surface area contributed by atoms with Crippen LogP contribution >= 0.6 is 23.8 Å². The number of nitrogens with zero attached hydrogens (tertiary/aromatic N) is 2. The molecule has 4 rings (SSSR count). The fourth-order valence-electron chi connectivity index (χ4n) is 4.70. The van der Waals surface area contributed by atoms with E-state index in [0.29, 0.717) is 6.04 Å². The fraction of sp³-hybridized carbons (Fsp3) is 0.423. The quantitative estimate of drug-likeness (QED) is 0.318. The van der Waals surface area contributed by atoms with E-state index in [-0.39, 0.29) is 0 Å². The summed E-state index contributed by atoms with van der Waals surface area (Å²) in [6.07, 6.45) is 9.90. The first-order chi connectivity index (χ1) is 15.1. The second-order valence-electron chi connectivity index (χ2n) is 8.62. The number of hydrogen-bond acceptors (Lipinski definition) is 1. The van der Waals surface area contributed by atoms with Crippen molar-refractivity contribution in [3.8, 4) is 0 Å². The Morgan fingerprint density at radius 3 is 2.58 bits per heavy atom. The highest BCUT2D eigenvalue weighted by atomic mass is 35.5. The molecule has 3 nitrogen and oxygen atoms in total. The van der Waals surface area contributed by atoms with Gasteiger partial charge in [-0.05, 0) is 68.2 Å². The molecular weight excluding hydrogens is 422 g/mol. The highest BCUT2D eigenvalue weighted by molar-refractivity contribution is 7.80. The first-order valence-electron chi connectivity index (χ1n) is 11.5. The van der Waals surface area contributed by atoms with Gasteiger partial charge in [0, 0.05) is 46.9 Å². The first kappa shape index (κ1) is 22.2. The molecule has 1 heterocycles. The van der Waals surface area contributed by atoms with Crippen molar-refractivity contribution >= 4 is 45.5 Å². The van der Waals surface area contributed by atoms with Crippen molar-refractivity contribution in [3.63, 3.8) is 0 Å². The van der Waals surface area contributed by atoms with Crippen molar-refractivity contribution in [1.29, 1.82) is 0 Å². The van der Waals surface area contributed by atoms with Crippen molar-refractivity contribution in [1.82, 2.24) is 9.47 Å². The van der Waals surface area contributed by atoms with Crippen molar-refractivity contribution < 1.29 is 0 Å². The molecule has 1 aliphatic rings. The molecule has 0 radical (unpaired) electrons. The van der Waals surface area contributed by atoms with E-state index in [9.17, 15) is 0 Å². The van der Waals surface area contributed by atoms with Crippen LogP contribution in [0, 0.1) is 6.92 Å². The number of para-hydroxylation sites is 1. The van der Waals surface area contributed by atoms with E-state index in [0.717, 1.165) is 34.5 Å². The molecule has 0 aliphatic heterocycles. The lowest BCUT2D eigenvalue weighted by Crippen LogP contribution is -2.42. The largest absolute Gasteiger partial charge is 0.347 e. The predicted octanol–water partition coefficient (Wildman–Crippen LogP) is 7.54. The molecule has 164 valence electrons. The average molecular weight is 454 g/mol. The van der Waals surface area contributed by atoms with E-state index in [4.69, 9.17) is 23.8 Å². The van der Waals surface area contributed by atoms with E-state index in [1.807, 2.05) is 19.1 Å². The zero-order valence-electron chi connectivity index (χ0n) is 18.5. The van der Waals surface area contributed by atoms with Gasteiger partial charge in [0.1, 0.15) is 0 Å². The van der Waals surface area contributed by atoms with Crippen LogP contribution in [0.1, 0.15) is 56.6 Å². The van der Waals surface area contributed by atoms with E-state index < -0.39 is 0 Å². The molecule has 0 unspecified atom stereocenters. The van der Waals surface area contributed by atoms with Crippen molar-refractivity contribution in [2.75, 3.05) is 5.32 Å². The number of hydrogen-bond donors (Lipinski definition) is 1. The summed E-state index contributed by atoms with van der Waals surface area (Å²) >= 11 is 12.3. The van der Waals surface area contributed by atoms with Crippen molar-refractivity contribution in [2.24, 2.45) is 0 Å². The Hall–Kier alpha value is -2.04. The minimum atomic E-state index is 0.465. The third-order valence-corrected chi connectivity index (χ3v) is 7.25. The number of benzene rings is 2. The molecule has 31 heavy (non-hydrogen) atoms. The molecule has 1 fully saturated rings. The van der Waals surface area contributed by atoms with Crippen LogP contribution in [0.15, 0.2) is 48.7 Å². The molecule has 1 N–H and O–H groups in total. The standard InChI is InChI=1S/C26H32ClN3S/c1-3-29-17-20(23-12-8-9-13-25(23)29)18-30(22-10-6-4-5-7-11-22)26(31)28-21-15-14-19(2)24(27)16-21/h8-9,12-17,22H,3-7,10-11,18H2,1-2H3,(H,28,31). The van der Waals surface area contributed by atoms with E-state index in [1.54, 1.807) is 0 Å². The monoisotopic (exact) mass is 453 g/mol. The number of halogens is 1. The Bertz CT molecular complexity index is 1050. The van der Waals surface area contributed by atoms with Gasteiger partial charge < -0.3 is 14.8 Å². The van der Waals surface area contributed by atoms with Gasteiger partial charge in [-0.2, -0.15) is 0 Å². The van der Waals surface area contributed by atoms with Gasteiger partial charge in [-0.25, -0.2) is 0 Å². The lowest BCUT2D eigenvalue weighted by molar-refractivity contribution is 0.281. The molecule has 0 atom stereocenters. The Kier molecular flexibility index (Phi) is 7.19. The highest BCUT2D eigenvalue weighted by Crippen LogP contribution is 2.28. The Balaban J connectivity index is 1.64. The summed E-state index contributed by atoms with van der Waals surface area (Å²) in [7, 11) is 0. The molecule has 3 aromatic rings. The van der Waals surface area contributed by atoms with E-state index in [1.165, 1.54) is 55.0 Å². The SMILES string of the molecule is CCn1cc(CN(C(=S)Nc2ccc(C)c(Cl)c2)C2CCCCCC2)c2ccccc21. The molecule has 0 amide bonds. The third-order valence-electron chi connectivity index (χ3n) is 6.50. The summed E-state index contributed by atoms with van der Waals surface area (Å²) < 4.78 is 2.34. The summed E-state index contributed by atoms with van der Waals surface area (Å²) in [6.45, 7) is 6.01. The van der Waals surface area contributed by atoms with Crippen LogP contribution in [0.4, 0.5) is 5.69 Å². The Morgan fingerprint density at radius 2 is 1.87 bits per heavy atom. The van der Waals surface area contributed by atoms with Crippen LogP contribution in [-0.2, 0) is 13.1 Å². The molecular formula is C26H32ClN3S. The molecule has 2 aromatic carbocycles. The van der Waals surface area contributed by atoms with Crippen LogP contribution in [0.25, 0.3) is 10.9 Å². The fourth-order valence-corrected chi connectivity index (χ4v) is 5.21. The summed E-state index contributed by atoms with van der Waals surface area (Å²) in [5, 5.41) is 6.36. The minimum absolute atomic E-state index is 0.465. The molecule has 1 saturated carbocycles. The second-order valence-corrected chi connectivity index (χ2v) is 9.42. The zero-order valence-corrected chi connectivity index (χ0v) is 20.1. The molecule has 1 aliphatic carbocycles. The molecule has 0 bridgehead atoms. The van der Waals surface area contributed by atoms with Gasteiger partial charge in [0.25, 0.3) is 0 Å². The van der Waals surface area contributed by atoms with Gasteiger partial charge in [-0.1, -0.05) is 61.5 Å². The van der Waals surface area contributed by atoms with Gasteiger partial charge in [0.15, 0.2) is 5.11 Å². The van der Waals surface area contributed by atoms with Gasteiger partial charge in [-0.15, -0.1) is 0 Å². The summed E-state index contributed by atoms with van der Waals surface area (Å²) in [4.78, 5) is 2.43.